The SMILES string of the molecule is Cc1cc(OCC2=CC=CCC2)ccc1-c1ccc(C#N)cc1. The van der Waals surface area contributed by atoms with Gasteiger partial charge in [0.15, 0.2) is 0 Å². The summed E-state index contributed by atoms with van der Waals surface area (Å²) in [6, 6.07) is 16.0. The number of nitrogens with zero attached hydrogens (tertiary/aromatic N) is 1. The zero-order valence-electron chi connectivity index (χ0n) is 13.3. The molecule has 114 valence electrons. The van der Waals surface area contributed by atoms with E-state index in [4.69, 9.17) is 10.00 Å². The van der Waals surface area contributed by atoms with Crippen molar-refractivity contribution >= 4 is 0 Å². The number of allylic oxidation sites excluding steroid dienone is 3. The lowest BCUT2D eigenvalue weighted by Gasteiger charge is -2.13. The van der Waals surface area contributed by atoms with Crippen molar-refractivity contribution in [1.29, 1.82) is 5.26 Å². The van der Waals surface area contributed by atoms with Crippen LogP contribution in [0.1, 0.15) is 24.0 Å². The minimum absolute atomic E-state index is 0.653. The molecule has 0 saturated carbocycles. The molecule has 23 heavy (non-hydrogen) atoms. The van der Waals surface area contributed by atoms with Crippen LogP contribution in [0.3, 0.4) is 0 Å². The number of rotatable bonds is 4. The first-order chi connectivity index (χ1) is 11.3. The molecule has 0 atom stereocenters. The van der Waals surface area contributed by atoms with Gasteiger partial charge in [-0.15, -0.1) is 0 Å². The summed E-state index contributed by atoms with van der Waals surface area (Å²) < 4.78 is 5.91. The normalized spacial score (nSPS) is 13.3. The van der Waals surface area contributed by atoms with Gasteiger partial charge in [0.25, 0.3) is 0 Å². The molecule has 0 radical (unpaired) electrons. The number of ether oxygens (including phenoxy) is 1. The lowest BCUT2D eigenvalue weighted by atomic mass is 9.99. The Labute approximate surface area is 137 Å². The summed E-state index contributed by atoms with van der Waals surface area (Å²) in [6.45, 7) is 2.74. The first-order valence-electron chi connectivity index (χ1n) is 7.85. The molecule has 2 aromatic rings. The molecule has 0 bridgehead atoms. The zero-order valence-corrected chi connectivity index (χ0v) is 13.3. The Balaban J connectivity index is 1.73. The van der Waals surface area contributed by atoms with E-state index in [-0.39, 0.29) is 0 Å². The Kier molecular flexibility index (Phi) is 4.59. The largest absolute Gasteiger partial charge is 0.489 e. The molecule has 0 saturated heterocycles. The minimum Gasteiger partial charge on any atom is -0.489 e. The average molecular weight is 301 g/mol. The van der Waals surface area contributed by atoms with Crippen LogP contribution in [-0.4, -0.2) is 6.61 Å². The highest BCUT2D eigenvalue weighted by Gasteiger charge is 2.06. The molecule has 1 aliphatic carbocycles. The van der Waals surface area contributed by atoms with Crippen LogP contribution < -0.4 is 4.74 Å². The summed E-state index contributed by atoms with van der Waals surface area (Å²) in [5, 5.41) is 8.88. The van der Waals surface area contributed by atoms with Gasteiger partial charge in [0.2, 0.25) is 0 Å². The summed E-state index contributed by atoms with van der Waals surface area (Å²) >= 11 is 0. The van der Waals surface area contributed by atoms with Crippen LogP contribution in [0, 0.1) is 18.3 Å². The van der Waals surface area contributed by atoms with Crippen molar-refractivity contribution in [2.75, 3.05) is 6.61 Å². The maximum Gasteiger partial charge on any atom is 0.120 e. The third kappa shape index (κ3) is 3.70. The zero-order chi connectivity index (χ0) is 16.1. The van der Waals surface area contributed by atoms with Crippen molar-refractivity contribution in [3.63, 3.8) is 0 Å². The van der Waals surface area contributed by atoms with Gasteiger partial charge in [0.05, 0.1) is 11.6 Å². The molecule has 0 amide bonds. The Morgan fingerprint density at radius 1 is 1.13 bits per heavy atom. The van der Waals surface area contributed by atoms with E-state index in [9.17, 15) is 0 Å². The first kappa shape index (κ1) is 15.1. The molecule has 0 heterocycles. The third-order valence-corrected chi connectivity index (χ3v) is 4.05. The van der Waals surface area contributed by atoms with Crippen LogP contribution >= 0.6 is 0 Å². The van der Waals surface area contributed by atoms with Crippen molar-refractivity contribution in [1.82, 2.24) is 0 Å². The molecule has 2 aromatic carbocycles. The predicted molar refractivity (Wildman–Crippen MR) is 93.3 cm³/mol. The molecule has 0 unspecified atom stereocenters. The summed E-state index contributed by atoms with van der Waals surface area (Å²) in [6.07, 6.45) is 8.60. The lowest BCUT2D eigenvalue weighted by molar-refractivity contribution is 0.347. The molecular formula is C21H19NO. The second kappa shape index (κ2) is 6.98. The second-order valence-electron chi connectivity index (χ2n) is 5.75. The highest BCUT2D eigenvalue weighted by Crippen LogP contribution is 2.27. The third-order valence-electron chi connectivity index (χ3n) is 4.05. The smallest absolute Gasteiger partial charge is 0.120 e. The van der Waals surface area contributed by atoms with Gasteiger partial charge >= 0.3 is 0 Å². The van der Waals surface area contributed by atoms with Gasteiger partial charge in [-0.3, -0.25) is 0 Å². The fourth-order valence-electron chi connectivity index (χ4n) is 2.72. The number of nitriles is 1. The van der Waals surface area contributed by atoms with E-state index in [1.807, 2.05) is 30.3 Å². The standard InChI is InChI=1S/C21H19NO/c1-16-13-20(23-15-18-5-3-2-4-6-18)11-12-21(16)19-9-7-17(14-22)8-10-19/h2-3,5,7-13H,4,6,15H2,1H3. The van der Waals surface area contributed by atoms with Crippen LogP contribution in [-0.2, 0) is 0 Å². The summed E-state index contributed by atoms with van der Waals surface area (Å²) in [7, 11) is 0. The summed E-state index contributed by atoms with van der Waals surface area (Å²) in [4.78, 5) is 0. The van der Waals surface area contributed by atoms with Crippen LogP contribution in [0.4, 0.5) is 0 Å². The number of hydrogen-bond donors (Lipinski definition) is 0. The Bertz CT molecular complexity index is 792. The maximum absolute atomic E-state index is 8.88. The number of benzene rings is 2. The molecule has 2 nitrogen and oxygen atoms in total. The first-order valence-corrected chi connectivity index (χ1v) is 7.85. The predicted octanol–water partition coefficient (Wildman–Crippen LogP) is 5.19. The topological polar surface area (TPSA) is 33.0 Å². The van der Waals surface area contributed by atoms with Crippen LogP contribution in [0.5, 0.6) is 5.75 Å². The van der Waals surface area contributed by atoms with Gasteiger partial charge < -0.3 is 4.74 Å². The van der Waals surface area contributed by atoms with Crippen LogP contribution in [0.15, 0.2) is 66.3 Å². The Hall–Kier alpha value is -2.79. The summed E-state index contributed by atoms with van der Waals surface area (Å²) in [5.41, 5.74) is 5.47. The monoisotopic (exact) mass is 301 g/mol. The molecule has 0 aromatic heterocycles. The average Bonchev–Trinajstić information content (AvgIpc) is 2.61. The summed E-state index contributed by atoms with van der Waals surface area (Å²) in [5.74, 6) is 0.898. The minimum atomic E-state index is 0.653. The number of aryl methyl sites for hydroxylation is 1. The molecule has 0 aliphatic heterocycles. The number of hydrogen-bond acceptors (Lipinski definition) is 2. The van der Waals surface area contributed by atoms with Gasteiger partial charge in [-0.2, -0.15) is 5.26 Å². The highest BCUT2D eigenvalue weighted by atomic mass is 16.5. The van der Waals surface area contributed by atoms with Crippen molar-refractivity contribution in [2.45, 2.75) is 19.8 Å². The Morgan fingerprint density at radius 2 is 1.96 bits per heavy atom. The van der Waals surface area contributed by atoms with Crippen LogP contribution in [0.25, 0.3) is 11.1 Å². The van der Waals surface area contributed by atoms with E-state index in [1.54, 1.807) is 0 Å². The van der Waals surface area contributed by atoms with Crippen molar-refractivity contribution < 1.29 is 4.74 Å². The van der Waals surface area contributed by atoms with Gasteiger partial charge in [0.1, 0.15) is 12.4 Å². The van der Waals surface area contributed by atoms with E-state index in [0.717, 1.165) is 24.2 Å². The van der Waals surface area contributed by atoms with Crippen molar-refractivity contribution in [3.05, 3.63) is 77.4 Å². The van der Waals surface area contributed by atoms with E-state index < -0.39 is 0 Å². The molecule has 1 aliphatic rings. The van der Waals surface area contributed by atoms with Crippen molar-refractivity contribution in [2.24, 2.45) is 0 Å². The lowest BCUT2D eigenvalue weighted by Crippen LogP contribution is -2.02. The van der Waals surface area contributed by atoms with E-state index in [0.29, 0.717) is 12.2 Å². The quantitative estimate of drug-likeness (QED) is 0.778. The highest BCUT2D eigenvalue weighted by molar-refractivity contribution is 5.68. The maximum atomic E-state index is 8.88. The molecule has 0 spiro atoms. The van der Waals surface area contributed by atoms with Gasteiger partial charge in [-0.1, -0.05) is 36.4 Å². The fourth-order valence-corrected chi connectivity index (χ4v) is 2.72. The molecular weight excluding hydrogens is 282 g/mol. The molecule has 0 fully saturated rings. The van der Waals surface area contributed by atoms with E-state index >= 15 is 0 Å². The fraction of sp³-hybridized carbons (Fsp3) is 0.190. The van der Waals surface area contributed by atoms with E-state index in [2.05, 4.69) is 43.4 Å². The second-order valence-corrected chi connectivity index (χ2v) is 5.75. The van der Waals surface area contributed by atoms with Gasteiger partial charge in [-0.05, 0) is 66.3 Å². The Morgan fingerprint density at radius 3 is 2.61 bits per heavy atom. The molecule has 0 N–H and O–H groups in total. The van der Waals surface area contributed by atoms with Crippen LogP contribution in [0.2, 0.25) is 0 Å². The van der Waals surface area contributed by atoms with E-state index in [1.165, 1.54) is 16.7 Å². The van der Waals surface area contributed by atoms with Gasteiger partial charge in [0, 0.05) is 0 Å². The molecule has 3 rings (SSSR count). The van der Waals surface area contributed by atoms with Crippen molar-refractivity contribution in [3.8, 4) is 22.9 Å². The van der Waals surface area contributed by atoms with Gasteiger partial charge in [-0.25, -0.2) is 0 Å². The molecule has 2 heteroatoms.